The van der Waals surface area contributed by atoms with Crippen LogP contribution in [0.5, 0.6) is 0 Å². The molecule has 128 valence electrons. The Morgan fingerprint density at radius 2 is 2.21 bits per heavy atom. The van der Waals surface area contributed by atoms with Crippen LogP contribution in [0.15, 0.2) is 15.7 Å². The van der Waals surface area contributed by atoms with Gasteiger partial charge in [0.15, 0.2) is 5.65 Å². The summed E-state index contributed by atoms with van der Waals surface area (Å²) in [4.78, 5) is 43.6. The number of hydrogen-bond donors (Lipinski definition) is 2. The average molecular weight is 332 g/mol. The third-order valence-corrected chi connectivity index (χ3v) is 4.12. The van der Waals surface area contributed by atoms with Crippen molar-refractivity contribution in [3.63, 3.8) is 0 Å². The van der Waals surface area contributed by atoms with Crippen molar-refractivity contribution in [2.75, 3.05) is 20.3 Å². The molecular weight excluding hydrogens is 312 g/mol. The normalized spacial score (nSPS) is 14.1. The van der Waals surface area contributed by atoms with Crippen LogP contribution in [0.25, 0.3) is 11.0 Å². The van der Waals surface area contributed by atoms with Crippen LogP contribution in [0, 0.1) is 0 Å². The highest BCUT2D eigenvalue weighted by Crippen LogP contribution is 2.39. The molecule has 2 N–H and O–H groups in total. The van der Waals surface area contributed by atoms with Crippen LogP contribution in [0.4, 0.5) is 0 Å². The Hall–Kier alpha value is -2.48. The molecule has 1 fully saturated rings. The number of fused-ring (bicyclic) bond motifs is 1. The van der Waals surface area contributed by atoms with Gasteiger partial charge in [-0.25, -0.2) is 9.78 Å². The van der Waals surface area contributed by atoms with Crippen LogP contribution in [-0.4, -0.2) is 40.7 Å². The summed E-state index contributed by atoms with van der Waals surface area (Å²) >= 11 is 0. The minimum absolute atomic E-state index is 0.149. The van der Waals surface area contributed by atoms with Gasteiger partial charge in [0, 0.05) is 31.8 Å². The first-order valence-corrected chi connectivity index (χ1v) is 8.01. The lowest BCUT2D eigenvalue weighted by Gasteiger charge is -2.12. The molecule has 1 amide bonds. The van der Waals surface area contributed by atoms with Gasteiger partial charge in [0.05, 0.1) is 17.6 Å². The smallest absolute Gasteiger partial charge is 0.329 e. The van der Waals surface area contributed by atoms with Crippen molar-refractivity contribution < 1.29 is 9.53 Å². The van der Waals surface area contributed by atoms with Gasteiger partial charge < -0.3 is 10.1 Å². The van der Waals surface area contributed by atoms with E-state index < -0.39 is 11.2 Å². The second-order valence-corrected chi connectivity index (χ2v) is 5.82. The number of H-pyrrole nitrogens is 1. The monoisotopic (exact) mass is 332 g/mol. The highest BCUT2D eigenvalue weighted by atomic mass is 16.5. The Kier molecular flexibility index (Phi) is 4.48. The van der Waals surface area contributed by atoms with Crippen molar-refractivity contribution in [3.8, 4) is 0 Å². The number of nitrogens with one attached hydrogen (secondary N) is 2. The Morgan fingerprint density at radius 3 is 2.83 bits per heavy atom. The Labute approximate surface area is 137 Å². The first kappa shape index (κ1) is 16.4. The standard InChI is InChI=1S/C16H20N4O4/c1-3-20-13-12(15(22)19-16(20)23)10(14(21)17-6-7-24-2)8-11(18-13)9-4-5-9/h8-9H,3-7H2,1-2H3,(H,17,21)(H,19,22,23). The molecule has 2 aromatic rings. The average Bonchev–Trinajstić information content (AvgIpc) is 3.39. The second kappa shape index (κ2) is 6.56. The number of hydrogen-bond acceptors (Lipinski definition) is 5. The van der Waals surface area contributed by atoms with Crippen LogP contribution in [0.1, 0.15) is 41.7 Å². The minimum Gasteiger partial charge on any atom is -0.383 e. The molecule has 0 atom stereocenters. The fourth-order valence-corrected chi connectivity index (χ4v) is 2.72. The molecule has 8 heteroatoms. The number of rotatable bonds is 6. The largest absolute Gasteiger partial charge is 0.383 e. The lowest BCUT2D eigenvalue weighted by molar-refractivity contribution is 0.0938. The maximum atomic E-state index is 12.5. The Morgan fingerprint density at radius 1 is 1.46 bits per heavy atom. The summed E-state index contributed by atoms with van der Waals surface area (Å²) in [7, 11) is 1.55. The number of ether oxygens (including phenoxy) is 1. The van der Waals surface area contributed by atoms with Crippen molar-refractivity contribution in [2.24, 2.45) is 0 Å². The van der Waals surface area contributed by atoms with Gasteiger partial charge in [-0.3, -0.25) is 19.1 Å². The number of pyridine rings is 1. The van der Waals surface area contributed by atoms with Gasteiger partial charge in [0.25, 0.3) is 11.5 Å². The van der Waals surface area contributed by atoms with Gasteiger partial charge in [-0.1, -0.05) is 0 Å². The first-order valence-electron chi connectivity index (χ1n) is 8.01. The van der Waals surface area contributed by atoms with Crippen LogP contribution in [0.3, 0.4) is 0 Å². The molecule has 0 aliphatic heterocycles. The van der Waals surface area contributed by atoms with Crippen molar-refractivity contribution in [3.05, 3.63) is 38.2 Å². The summed E-state index contributed by atoms with van der Waals surface area (Å²) < 4.78 is 6.31. The molecule has 3 rings (SSSR count). The molecule has 24 heavy (non-hydrogen) atoms. The maximum absolute atomic E-state index is 12.5. The third kappa shape index (κ3) is 2.96. The zero-order valence-electron chi connectivity index (χ0n) is 13.7. The van der Waals surface area contributed by atoms with Gasteiger partial charge in [0.1, 0.15) is 0 Å². The van der Waals surface area contributed by atoms with E-state index in [0.29, 0.717) is 25.6 Å². The van der Waals surface area contributed by atoms with Crippen LogP contribution in [-0.2, 0) is 11.3 Å². The number of carbonyl (C=O) groups excluding carboxylic acids is 1. The fourth-order valence-electron chi connectivity index (χ4n) is 2.72. The van der Waals surface area contributed by atoms with Gasteiger partial charge >= 0.3 is 5.69 Å². The van der Waals surface area contributed by atoms with Crippen LogP contribution < -0.4 is 16.6 Å². The summed E-state index contributed by atoms with van der Waals surface area (Å²) in [6.45, 7) is 2.87. The van der Waals surface area contributed by atoms with Gasteiger partial charge in [-0.15, -0.1) is 0 Å². The molecule has 8 nitrogen and oxygen atoms in total. The molecular formula is C16H20N4O4. The highest BCUT2D eigenvalue weighted by Gasteiger charge is 2.28. The van der Waals surface area contributed by atoms with Crippen molar-refractivity contribution in [2.45, 2.75) is 32.2 Å². The van der Waals surface area contributed by atoms with E-state index in [9.17, 15) is 14.4 Å². The number of amides is 1. The number of nitrogens with zero attached hydrogens (tertiary/aromatic N) is 2. The molecule has 1 saturated carbocycles. The quantitative estimate of drug-likeness (QED) is 0.743. The summed E-state index contributed by atoms with van der Waals surface area (Å²) in [5, 5.41) is 2.87. The summed E-state index contributed by atoms with van der Waals surface area (Å²) in [5.74, 6) is -0.0761. The molecule has 0 bridgehead atoms. The topological polar surface area (TPSA) is 106 Å². The molecule has 2 heterocycles. The minimum atomic E-state index is -0.591. The van der Waals surface area contributed by atoms with Crippen LogP contribution in [0.2, 0.25) is 0 Å². The number of aromatic nitrogens is 3. The molecule has 1 aliphatic rings. The second-order valence-electron chi connectivity index (χ2n) is 5.82. The van der Waals surface area contributed by atoms with Gasteiger partial charge in [-0.05, 0) is 25.8 Å². The van der Waals surface area contributed by atoms with E-state index in [-0.39, 0.29) is 22.5 Å². The van der Waals surface area contributed by atoms with Crippen molar-refractivity contribution in [1.29, 1.82) is 0 Å². The van der Waals surface area contributed by atoms with E-state index in [1.807, 2.05) is 0 Å². The number of methoxy groups -OCH3 is 1. The molecule has 0 radical (unpaired) electrons. The number of aromatic amines is 1. The fraction of sp³-hybridized carbons (Fsp3) is 0.500. The number of aryl methyl sites for hydroxylation is 1. The molecule has 1 aliphatic carbocycles. The lowest BCUT2D eigenvalue weighted by atomic mass is 10.1. The lowest BCUT2D eigenvalue weighted by Crippen LogP contribution is -2.33. The van der Waals surface area contributed by atoms with E-state index >= 15 is 0 Å². The molecule has 0 spiro atoms. The SMILES string of the molecule is CCn1c(=O)[nH]c(=O)c2c(C(=O)NCCOC)cc(C3CC3)nc21. The zero-order valence-corrected chi connectivity index (χ0v) is 13.7. The molecule has 2 aromatic heterocycles. The van der Waals surface area contributed by atoms with E-state index in [1.165, 1.54) is 4.57 Å². The summed E-state index contributed by atoms with van der Waals surface area (Å²) in [6, 6.07) is 1.67. The molecule has 0 unspecified atom stereocenters. The predicted octanol–water partition coefficient (Wildman–Crippen LogP) is 0.358. The van der Waals surface area contributed by atoms with E-state index in [4.69, 9.17) is 4.74 Å². The van der Waals surface area contributed by atoms with E-state index in [1.54, 1.807) is 20.1 Å². The summed E-state index contributed by atoms with van der Waals surface area (Å²) in [5.41, 5.74) is 0.174. The molecule has 0 aromatic carbocycles. The Balaban J connectivity index is 2.20. The third-order valence-electron chi connectivity index (χ3n) is 4.12. The predicted molar refractivity (Wildman–Crippen MR) is 88.5 cm³/mol. The Bertz CT molecular complexity index is 895. The summed E-state index contributed by atoms with van der Waals surface area (Å²) in [6.07, 6.45) is 2.01. The first-order chi connectivity index (χ1) is 11.6. The maximum Gasteiger partial charge on any atom is 0.329 e. The number of carbonyl (C=O) groups is 1. The van der Waals surface area contributed by atoms with Gasteiger partial charge in [-0.2, -0.15) is 0 Å². The van der Waals surface area contributed by atoms with Crippen molar-refractivity contribution in [1.82, 2.24) is 19.9 Å². The van der Waals surface area contributed by atoms with Crippen LogP contribution >= 0.6 is 0 Å². The van der Waals surface area contributed by atoms with E-state index in [2.05, 4.69) is 15.3 Å². The molecule has 0 saturated heterocycles. The van der Waals surface area contributed by atoms with Gasteiger partial charge in [0.2, 0.25) is 0 Å². The zero-order chi connectivity index (χ0) is 17.3. The van der Waals surface area contributed by atoms with E-state index in [0.717, 1.165) is 18.5 Å². The highest BCUT2D eigenvalue weighted by molar-refractivity contribution is 6.05. The van der Waals surface area contributed by atoms with Crippen molar-refractivity contribution >= 4 is 16.9 Å².